The van der Waals surface area contributed by atoms with Crippen LogP contribution >= 0.6 is 0 Å². The Labute approximate surface area is 80.2 Å². The molecule has 3 nitrogen and oxygen atoms in total. The van der Waals surface area contributed by atoms with Crippen LogP contribution in [0, 0.1) is 0 Å². The van der Waals surface area contributed by atoms with E-state index in [-0.39, 0.29) is 24.7 Å². The monoisotopic (exact) mass is 185 g/mol. The SMILES string of the molecule is C=CCC(C)NCC(=O)OC(C)C. The molecule has 0 aromatic rings. The fourth-order valence-corrected chi connectivity index (χ4v) is 0.895. The minimum atomic E-state index is -0.203. The lowest BCUT2D eigenvalue weighted by Crippen LogP contribution is -2.32. The summed E-state index contributed by atoms with van der Waals surface area (Å²) in [5.74, 6) is -0.203. The first-order chi connectivity index (χ1) is 6.06. The average molecular weight is 185 g/mol. The van der Waals surface area contributed by atoms with Gasteiger partial charge in [0.15, 0.2) is 0 Å². The number of ether oxygens (including phenoxy) is 1. The lowest BCUT2D eigenvalue weighted by atomic mass is 10.2. The van der Waals surface area contributed by atoms with E-state index in [4.69, 9.17) is 4.74 Å². The third kappa shape index (κ3) is 7.53. The molecule has 0 aromatic heterocycles. The van der Waals surface area contributed by atoms with E-state index in [0.717, 1.165) is 6.42 Å². The molecule has 0 fully saturated rings. The van der Waals surface area contributed by atoms with Crippen LogP contribution in [-0.2, 0) is 9.53 Å². The maximum Gasteiger partial charge on any atom is 0.320 e. The van der Waals surface area contributed by atoms with Gasteiger partial charge in [-0.05, 0) is 27.2 Å². The molecule has 0 radical (unpaired) electrons. The normalized spacial score (nSPS) is 12.6. The Bertz CT molecular complexity index is 166. The molecule has 13 heavy (non-hydrogen) atoms. The summed E-state index contributed by atoms with van der Waals surface area (Å²) in [4.78, 5) is 11.1. The number of esters is 1. The van der Waals surface area contributed by atoms with Crippen LogP contribution in [0.5, 0.6) is 0 Å². The number of nitrogens with one attached hydrogen (secondary N) is 1. The first-order valence-electron chi connectivity index (χ1n) is 4.60. The van der Waals surface area contributed by atoms with Gasteiger partial charge in [0, 0.05) is 6.04 Å². The van der Waals surface area contributed by atoms with E-state index in [0.29, 0.717) is 0 Å². The Morgan fingerprint density at radius 3 is 2.62 bits per heavy atom. The first kappa shape index (κ1) is 12.2. The zero-order valence-electron chi connectivity index (χ0n) is 8.67. The highest BCUT2D eigenvalue weighted by Crippen LogP contribution is 1.92. The Balaban J connectivity index is 3.51. The van der Waals surface area contributed by atoms with Gasteiger partial charge >= 0.3 is 5.97 Å². The standard InChI is InChI=1S/C10H19NO2/c1-5-6-9(4)11-7-10(12)13-8(2)3/h5,8-9,11H,1,6-7H2,2-4H3. The molecule has 0 aromatic carbocycles. The highest BCUT2D eigenvalue weighted by atomic mass is 16.5. The van der Waals surface area contributed by atoms with Crippen LogP contribution in [0.25, 0.3) is 0 Å². The summed E-state index contributed by atoms with van der Waals surface area (Å²) in [6.45, 7) is 9.57. The van der Waals surface area contributed by atoms with Gasteiger partial charge in [-0.15, -0.1) is 6.58 Å². The van der Waals surface area contributed by atoms with Crippen molar-refractivity contribution < 1.29 is 9.53 Å². The van der Waals surface area contributed by atoms with Gasteiger partial charge in [-0.2, -0.15) is 0 Å². The van der Waals surface area contributed by atoms with Gasteiger partial charge in [0.25, 0.3) is 0 Å². The van der Waals surface area contributed by atoms with E-state index in [1.165, 1.54) is 0 Å². The summed E-state index contributed by atoms with van der Waals surface area (Å²) in [7, 11) is 0. The molecule has 1 unspecified atom stereocenters. The van der Waals surface area contributed by atoms with E-state index in [1.54, 1.807) is 0 Å². The molecule has 0 heterocycles. The maximum atomic E-state index is 11.1. The molecule has 0 aliphatic carbocycles. The van der Waals surface area contributed by atoms with Crippen LogP contribution in [0.2, 0.25) is 0 Å². The zero-order chi connectivity index (χ0) is 10.3. The van der Waals surface area contributed by atoms with E-state index >= 15 is 0 Å². The predicted octanol–water partition coefficient (Wildman–Crippen LogP) is 1.49. The van der Waals surface area contributed by atoms with Gasteiger partial charge in [-0.1, -0.05) is 6.08 Å². The van der Waals surface area contributed by atoms with Gasteiger partial charge in [0.05, 0.1) is 12.6 Å². The Morgan fingerprint density at radius 1 is 1.54 bits per heavy atom. The van der Waals surface area contributed by atoms with Crippen molar-refractivity contribution in [3.05, 3.63) is 12.7 Å². The fourth-order valence-electron chi connectivity index (χ4n) is 0.895. The smallest absolute Gasteiger partial charge is 0.320 e. The van der Waals surface area contributed by atoms with Gasteiger partial charge < -0.3 is 10.1 Å². The van der Waals surface area contributed by atoms with Gasteiger partial charge in [-0.25, -0.2) is 0 Å². The molecule has 76 valence electrons. The minimum Gasteiger partial charge on any atom is -0.462 e. The molecule has 0 bridgehead atoms. The van der Waals surface area contributed by atoms with Crippen molar-refractivity contribution in [1.29, 1.82) is 0 Å². The van der Waals surface area contributed by atoms with Crippen molar-refractivity contribution in [3.63, 3.8) is 0 Å². The van der Waals surface area contributed by atoms with Crippen molar-refractivity contribution in [1.82, 2.24) is 5.32 Å². The third-order valence-electron chi connectivity index (χ3n) is 1.48. The fraction of sp³-hybridized carbons (Fsp3) is 0.700. The average Bonchev–Trinajstić information content (AvgIpc) is 2.00. The van der Waals surface area contributed by atoms with Gasteiger partial charge in [0.2, 0.25) is 0 Å². The highest BCUT2D eigenvalue weighted by Gasteiger charge is 2.06. The van der Waals surface area contributed by atoms with E-state index < -0.39 is 0 Å². The molecular weight excluding hydrogens is 166 g/mol. The van der Waals surface area contributed by atoms with Crippen LogP contribution in [0.4, 0.5) is 0 Å². The Hall–Kier alpha value is -0.830. The zero-order valence-corrected chi connectivity index (χ0v) is 8.67. The van der Waals surface area contributed by atoms with Crippen LogP contribution in [0.1, 0.15) is 27.2 Å². The number of hydrogen-bond donors (Lipinski definition) is 1. The minimum absolute atomic E-state index is 0.0380. The number of carbonyl (C=O) groups is 1. The number of carbonyl (C=O) groups excluding carboxylic acids is 1. The summed E-state index contributed by atoms with van der Waals surface area (Å²) in [6.07, 6.45) is 2.64. The molecule has 3 heteroatoms. The molecule has 1 N–H and O–H groups in total. The van der Waals surface area contributed by atoms with Crippen LogP contribution in [0.3, 0.4) is 0 Å². The van der Waals surface area contributed by atoms with Crippen LogP contribution < -0.4 is 5.32 Å². The molecule has 1 atom stereocenters. The Morgan fingerprint density at radius 2 is 2.15 bits per heavy atom. The molecule has 0 amide bonds. The van der Waals surface area contributed by atoms with Crippen LogP contribution in [-0.4, -0.2) is 24.7 Å². The largest absolute Gasteiger partial charge is 0.462 e. The maximum absolute atomic E-state index is 11.1. The lowest BCUT2D eigenvalue weighted by molar-refractivity contribution is -0.146. The molecule has 0 aliphatic rings. The Kier molecular flexibility index (Phi) is 6.24. The van der Waals surface area contributed by atoms with Crippen LogP contribution in [0.15, 0.2) is 12.7 Å². The highest BCUT2D eigenvalue weighted by molar-refractivity contribution is 5.71. The summed E-state index contributed by atoms with van der Waals surface area (Å²) in [6, 6.07) is 0.275. The molecule has 0 spiro atoms. The van der Waals surface area contributed by atoms with Crippen molar-refractivity contribution in [2.75, 3.05) is 6.54 Å². The number of rotatable bonds is 6. The van der Waals surface area contributed by atoms with E-state index in [2.05, 4.69) is 11.9 Å². The first-order valence-corrected chi connectivity index (χ1v) is 4.60. The summed E-state index contributed by atoms with van der Waals surface area (Å²) >= 11 is 0. The van der Waals surface area contributed by atoms with Crippen molar-refractivity contribution >= 4 is 5.97 Å². The third-order valence-corrected chi connectivity index (χ3v) is 1.48. The second kappa shape index (κ2) is 6.66. The summed E-state index contributed by atoms with van der Waals surface area (Å²) in [5, 5.41) is 3.04. The summed E-state index contributed by atoms with van der Waals surface area (Å²) in [5.41, 5.74) is 0. The topological polar surface area (TPSA) is 38.3 Å². The second-order valence-corrected chi connectivity index (χ2v) is 3.34. The van der Waals surface area contributed by atoms with Crippen molar-refractivity contribution in [2.45, 2.75) is 39.3 Å². The lowest BCUT2D eigenvalue weighted by Gasteiger charge is -2.12. The van der Waals surface area contributed by atoms with Crippen molar-refractivity contribution in [2.24, 2.45) is 0 Å². The predicted molar refractivity (Wildman–Crippen MR) is 53.5 cm³/mol. The second-order valence-electron chi connectivity index (χ2n) is 3.34. The van der Waals surface area contributed by atoms with E-state index in [1.807, 2.05) is 26.8 Å². The molecule has 0 saturated heterocycles. The number of hydrogen-bond acceptors (Lipinski definition) is 3. The molecular formula is C10H19NO2. The summed E-state index contributed by atoms with van der Waals surface area (Å²) < 4.78 is 4.95. The molecule has 0 aliphatic heterocycles. The van der Waals surface area contributed by atoms with Gasteiger partial charge in [-0.3, -0.25) is 4.79 Å². The quantitative estimate of drug-likeness (QED) is 0.503. The molecule has 0 saturated carbocycles. The van der Waals surface area contributed by atoms with Gasteiger partial charge in [0.1, 0.15) is 0 Å². The molecule has 0 rings (SSSR count). The van der Waals surface area contributed by atoms with E-state index in [9.17, 15) is 4.79 Å². The van der Waals surface area contributed by atoms with Crippen molar-refractivity contribution in [3.8, 4) is 0 Å².